The van der Waals surface area contributed by atoms with Crippen molar-refractivity contribution in [1.82, 2.24) is 9.88 Å². The second-order valence-corrected chi connectivity index (χ2v) is 5.97. The zero-order chi connectivity index (χ0) is 17.8. The molecule has 2 heterocycles. The van der Waals surface area contributed by atoms with E-state index in [1.165, 1.54) is 6.07 Å². The number of hydrogen-bond donors (Lipinski definition) is 1. The van der Waals surface area contributed by atoms with Crippen LogP contribution in [0.5, 0.6) is 5.75 Å². The van der Waals surface area contributed by atoms with Gasteiger partial charge in [0.2, 0.25) is 5.95 Å². The Labute approximate surface area is 146 Å². The van der Waals surface area contributed by atoms with E-state index in [2.05, 4.69) is 10.3 Å². The first kappa shape index (κ1) is 17.0. The molecular weight excluding hydrogens is 323 g/mol. The van der Waals surface area contributed by atoms with Crippen molar-refractivity contribution in [2.45, 2.75) is 13.0 Å². The lowest BCUT2D eigenvalue weighted by molar-refractivity contribution is 0.200. The van der Waals surface area contributed by atoms with Gasteiger partial charge in [-0.2, -0.15) is 4.39 Å². The summed E-state index contributed by atoms with van der Waals surface area (Å²) in [5.74, 6) is 0.843. The Morgan fingerprint density at radius 3 is 2.64 bits per heavy atom. The average Bonchev–Trinajstić information content (AvgIpc) is 2.62. The van der Waals surface area contributed by atoms with Crippen molar-refractivity contribution in [1.29, 1.82) is 0 Å². The maximum atomic E-state index is 13.3. The van der Waals surface area contributed by atoms with E-state index in [0.29, 0.717) is 31.1 Å². The molecule has 1 aliphatic heterocycles. The molecule has 1 aliphatic rings. The lowest BCUT2D eigenvalue weighted by Crippen LogP contribution is -2.55. The van der Waals surface area contributed by atoms with Gasteiger partial charge in [-0.1, -0.05) is 6.07 Å². The summed E-state index contributed by atoms with van der Waals surface area (Å²) in [5, 5.41) is 2.88. The number of urea groups is 1. The van der Waals surface area contributed by atoms with Crippen molar-refractivity contribution < 1.29 is 13.9 Å². The molecule has 25 heavy (non-hydrogen) atoms. The minimum Gasteiger partial charge on any atom is -0.497 e. The number of carbonyl (C=O) groups excluding carboxylic acids is 1. The lowest BCUT2D eigenvalue weighted by Gasteiger charge is -2.40. The van der Waals surface area contributed by atoms with Gasteiger partial charge >= 0.3 is 6.03 Å². The summed E-state index contributed by atoms with van der Waals surface area (Å²) in [6.45, 7) is 3.69. The number of ether oxygens (including phenoxy) is 1. The zero-order valence-corrected chi connectivity index (χ0v) is 14.3. The molecule has 2 amide bonds. The first-order valence-electron chi connectivity index (χ1n) is 8.16. The van der Waals surface area contributed by atoms with Crippen LogP contribution in [0, 0.1) is 5.95 Å². The van der Waals surface area contributed by atoms with Crippen LogP contribution < -0.4 is 15.0 Å². The third-order valence-electron chi connectivity index (χ3n) is 4.25. The molecule has 2 aromatic rings. The summed E-state index contributed by atoms with van der Waals surface area (Å²) in [6, 6.07) is 11.8. The van der Waals surface area contributed by atoms with Gasteiger partial charge in [0, 0.05) is 31.4 Å². The maximum Gasteiger partial charge on any atom is 0.321 e. The molecule has 1 N–H and O–H groups in total. The third kappa shape index (κ3) is 3.99. The van der Waals surface area contributed by atoms with Crippen molar-refractivity contribution in [3.8, 4) is 5.75 Å². The van der Waals surface area contributed by atoms with Gasteiger partial charge < -0.3 is 19.9 Å². The Hall–Kier alpha value is -2.83. The first-order chi connectivity index (χ1) is 12.1. The molecule has 1 unspecified atom stereocenters. The van der Waals surface area contributed by atoms with Gasteiger partial charge in [-0.3, -0.25) is 0 Å². The number of benzene rings is 1. The molecule has 1 aromatic heterocycles. The normalized spacial score (nSPS) is 17.3. The molecule has 132 valence electrons. The highest BCUT2D eigenvalue weighted by atomic mass is 19.1. The van der Waals surface area contributed by atoms with Crippen molar-refractivity contribution >= 4 is 17.5 Å². The lowest BCUT2D eigenvalue weighted by atomic mass is 10.2. The maximum absolute atomic E-state index is 13.3. The van der Waals surface area contributed by atoms with Gasteiger partial charge in [0.05, 0.1) is 7.11 Å². The molecule has 0 saturated carbocycles. The molecular formula is C18H21FN4O2. The van der Waals surface area contributed by atoms with Crippen molar-refractivity contribution in [3.63, 3.8) is 0 Å². The van der Waals surface area contributed by atoms with Gasteiger partial charge in [-0.15, -0.1) is 0 Å². The van der Waals surface area contributed by atoms with Crippen LogP contribution in [0.15, 0.2) is 42.5 Å². The minimum atomic E-state index is -0.496. The van der Waals surface area contributed by atoms with Gasteiger partial charge in [0.25, 0.3) is 0 Å². The number of aromatic nitrogens is 1. The topological polar surface area (TPSA) is 57.7 Å². The second-order valence-electron chi connectivity index (χ2n) is 5.97. The van der Waals surface area contributed by atoms with E-state index < -0.39 is 5.95 Å². The van der Waals surface area contributed by atoms with Gasteiger partial charge in [-0.25, -0.2) is 9.78 Å². The van der Waals surface area contributed by atoms with Gasteiger partial charge in [0.15, 0.2) is 0 Å². The van der Waals surface area contributed by atoms with E-state index in [1.807, 2.05) is 11.8 Å². The Bertz CT molecular complexity index is 738. The van der Waals surface area contributed by atoms with Crippen LogP contribution in [-0.2, 0) is 0 Å². The smallest absolute Gasteiger partial charge is 0.321 e. The molecule has 7 heteroatoms. The summed E-state index contributed by atoms with van der Waals surface area (Å²) >= 11 is 0. The number of methoxy groups -OCH3 is 1. The van der Waals surface area contributed by atoms with E-state index in [4.69, 9.17) is 4.74 Å². The standard InChI is InChI=1S/C18H21FN4O2/c1-13-12-22(10-11-23(13)17-5-3-4-16(19)21-17)18(24)20-14-6-8-15(25-2)9-7-14/h3-9,13H,10-12H2,1-2H3,(H,20,24). The second kappa shape index (κ2) is 7.38. The largest absolute Gasteiger partial charge is 0.497 e. The number of anilines is 2. The van der Waals surface area contributed by atoms with E-state index in [1.54, 1.807) is 48.4 Å². The average molecular weight is 344 g/mol. The number of halogens is 1. The number of amides is 2. The minimum absolute atomic E-state index is 0.0460. The van der Waals surface area contributed by atoms with E-state index in [0.717, 1.165) is 5.75 Å². The van der Waals surface area contributed by atoms with Crippen molar-refractivity contribution in [2.24, 2.45) is 0 Å². The Balaban J connectivity index is 1.60. The first-order valence-corrected chi connectivity index (χ1v) is 8.16. The molecule has 1 aromatic carbocycles. The molecule has 0 aliphatic carbocycles. The summed E-state index contributed by atoms with van der Waals surface area (Å²) < 4.78 is 18.4. The number of pyridine rings is 1. The van der Waals surface area contributed by atoms with E-state index in [9.17, 15) is 9.18 Å². The Morgan fingerprint density at radius 1 is 1.24 bits per heavy atom. The summed E-state index contributed by atoms with van der Waals surface area (Å²) in [5.41, 5.74) is 0.715. The van der Waals surface area contributed by atoms with Gasteiger partial charge in [0.1, 0.15) is 11.6 Å². The van der Waals surface area contributed by atoms with Crippen molar-refractivity contribution in [3.05, 3.63) is 48.4 Å². The number of nitrogens with one attached hydrogen (secondary N) is 1. The number of nitrogens with zero attached hydrogens (tertiary/aromatic N) is 3. The number of rotatable bonds is 3. The quantitative estimate of drug-likeness (QED) is 0.870. The molecule has 1 saturated heterocycles. The monoisotopic (exact) mass is 344 g/mol. The van der Waals surface area contributed by atoms with Crippen LogP contribution in [0.1, 0.15) is 6.92 Å². The fourth-order valence-electron chi connectivity index (χ4n) is 2.92. The molecule has 6 nitrogen and oxygen atoms in total. The summed E-state index contributed by atoms with van der Waals surface area (Å²) in [4.78, 5) is 20.2. The van der Waals surface area contributed by atoms with Crippen LogP contribution in [-0.4, -0.2) is 48.7 Å². The SMILES string of the molecule is COc1ccc(NC(=O)N2CCN(c3cccc(F)n3)C(C)C2)cc1. The number of piperazine rings is 1. The number of carbonyl (C=O) groups is 1. The van der Waals surface area contributed by atoms with E-state index >= 15 is 0 Å². The third-order valence-corrected chi connectivity index (χ3v) is 4.25. The van der Waals surface area contributed by atoms with Crippen LogP contribution in [0.25, 0.3) is 0 Å². The van der Waals surface area contributed by atoms with Crippen LogP contribution in [0.2, 0.25) is 0 Å². The highest BCUT2D eigenvalue weighted by Crippen LogP contribution is 2.20. The molecule has 0 spiro atoms. The van der Waals surface area contributed by atoms with Crippen LogP contribution in [0.3, 0.4) is 0 Å². The van der Waals surface area contributed by atoms with E-state index in [-0.39, 0.29) is 12.1 Å². The predicted molar refractivity (Wildman–Crippen MR) is 94.6 cm³/mol. The van der Waals surface area contributed by atoms with Crippen molar-refractivity contribution in [2.75, 3.05) is 37.0 Å². The predicted octanol–water partition coefficient (Wildman–Crippen LogP) is 2.97. The molecule has 1 fully saturated rings. The highest BCUT2D eigenvalue weighted by molar-refractivity contribution is 5.89. The molecule has 3 rings (SSSR count). The van der Waals surface area contributed by atoms with Crippen LogP contribution in [0.4, 0.5) is 20.7 Å². The fourth-order valence-corrected chi connectivity index (χ4v) is 2.92. The fraction of sp³-hybridized carbons (Fsp3) is 0.333. The Kier molecular flexibility index (Phi) is 5.02. The van der Waals surface area contributed by atoms with Gasteiger partial charge in [-0.05, 0) is 43.3 Å². The zero-order valence-electron chi connectivity index (χ0n) is 14.3. The number of hydrogen-bond acceptors (Lipinski definition) is 4. The summed E-state index contributed by atoms with van der Waals surface area (Å²) in [6.07, 6.45) is 0. The molecule has 0 radical (unpaired) electrons. The van der Waals surface area contributed by atoms with Crippen LogP contribution >= 0.6 is 0 Å². The summed E-state index contributed by atoms with van der Waals surface area (Å²) in [7, 11) is 1.60. The molecule has 0 bridgehead atoms. The molecule has 1 atom stereocenters. The Morgan fingerprint density at radius 2 is 2.00 bits per heavy atom. The highest BCUT2D eigenvalue weighted by Gasteiger charge is 2.27.